The fourth-order valence-corrected chi connectivity index (χ4v) is 11.3. The lowest BCUT2D eigenvalue weighted by Crippen LogP contribution is -2.68. The maximum atomic E-state index is 16.2. The highest BCUT2D eigenvalue weighted by molar-refractivity contribution is 7.00. The van der Waals surface area contributed by atoms with Gasteiger partial charge in [-0.25, -0.2) is 4.39 Å². The van der Waals surface area contributed by atoms with Crippen LogP contribution in [0.3, 0.4) is 0 Å². The van der Waals surface area contributed by atoms with Crippen molar-refractivity contribution in [2.45, 2.75) is 25.8 Å². The zero-order chi connectivity index (χ0) is 33.2. The molecule has 6 nitrogen and oxygen atoms in total. The molecule has 6 rings (SSSR count). The van der Waals surface area contributed by atoms with Gasteiger partial charge < -0.3 is 14.2 Å². The second kappa shape index (κ2) is 13.5. The van der Waals surface area contributed by atoms with Gasteiger partial charge in [0, 0.05) is 53.7 Å². The summed E-state index contributed by atoms with van der Waals surface area (Å²) < 4.78 is 23.5. The second-order valence-corrected chi connectivity index (χ2v) is 17.6. The SMILES string of the molecule is CC(C)(C)[Si](Oc1cccc(F)c1-c1cc2c(Cl)nnc(N3CCN(C=CC=O)CC3)c2cc1Cl)(c1ccccc1)c1ccccc1. The molecule has 0 aliphatic carbocycles. The Hall–Kier alpha value is -4.24. The normalized spacial score (nSPS) is 14.2. The van der Waals surface area contributed by atoms with E-state index in [2.05, 4.69) is 65.0 Å². The number of hydrogen-bond donors (Lipinski definition) is 0. The minimum atomic E-state index is -3.10. The zero-order valence-corrected chi connectivity index (χ0v) is 29.0. The highest BCUT2D eigenvalue weighted by atomic mass is 35.5. The van der Waals surface area contributed by atoms with Gasteiger partial charge in [-0.3, -0.25) is 4.79 Å². The number of carbonyl (C=O) groups excluding carboxylic acids is 1. The number of allylic oxidation sites excluding steroid dienone is 1. The highest BCUT2D eigenvalue weighted by Gasteiger charge is 2.52. The van der Waals surface area contributed by atoms with E-state index in [0.29, 0.717) is 53.7 Å². The summed E-state index contributed by atoms with van der Waals surface area (Å²) >= 11 is 13.7. The summed E-state index contributed by atoms with van der Waals surface area (Å²) in [5.41, 5.74) is 0.715. The first-order valence-electron chi connectivity index (χ1n) is 15.5. The van der Waals surface area contributed by atoms with E-state index in [0.717, 1.165) is 22.0 Å². The Kier molecular flexibility index (Phi) is 9.37. The average molecular weight is 686 g/mol. The van der Waals surface area contributed by atoms with Gasteiger partial charge in [-0.1, -0.05) is 111 Å². The van der Waals surface area contributed by atoms with Gasteiger partial charge in [0.2, 0.25) is 0 Å². The number of fused-ring (bicyclic) bond motifs is 1. The lowest BCUT2D eigenvalue weighted by atomic mass is 10.0. The molecule has 10 heteroatoms. The van der Waals surface area contributed by atoms with Crippen molar-refractivity contribution in [2.75, 3.05) is 31.1 Å². The number of hydrogen-bond acceptors (Lipinski definition) is 6. The Morgan fingerprint density at radius 2 is 1.47 bits per heavy atom. The molecule has 4 aromatic carbocycles. The standard InChI is InChI=1S/C37H35Cl2FN4O2Si/c1-37(2,3)47(26-12-6-4-7-13-26,27-14-8-5-9-15-27)46-33-17-10-16-32(40)34(33)30-24-28-29(25-31(30)38)36(42-41-35(28)39)44-21-19-43(20-22-44)18-11-23-45/h4-18,23-25H,19-22H2,1-3H3. The summed E-state index contributed by atoms with van der Waals surface area (Å²) in [7, 11) is -3.10. The van der Waals surface area contributed by atoms with Crippen molar-refractivity contribution in [1.29, 1.82) is 0 Å². The number of piperazine rings is 1. The van der Waals surface area contributed by atoms with Crippen LogP contribution in [0.4, 0.5) is 10.2 Å². The maximum Gasteiger partial charge on any atom is 0.319 e. The number of anilines is 1. The van der Waals surface area contributed by atoms with Crippen molar-refractivity contribution in [2.24, 2.45) is 0 Å². The van der Waals surface area contributed by atoms with Gasteiger partial charge in [-0.15, -0.1) is 10.2 Å². The largest absolute Gasteiger partial charge is 0.533 e. The smallest absolute Gasteiger partial charge is 0.319 e. The van der Waals surface area contributed by atoms with Gasteiger partial charge in [0.15, 0.2) is 11.0 Å². The monoisotopic (exact) mass is 684 g/mol. The number of rotatable bonds is 8. The molecule has 0 spiro atoms. The van der Waals surface area contributed by atoms with E-state index in [9.17, 15) is 4.79 Å². The first-order valence-corrected chi connectivity index (χ1v) is 18.2. The van der Waals surface area contributed by atoms with E-state index >= 15 is 4.39 Å². The van der Waals surface area contributed by atoms with Gasteiger partial charge in [0.05, 0.1) is 5.56 Å². The first-order chi connectivity index (χ1) is 22.6. The Bertz CT molecular complexity index is 1890. The third-order valence-corrected chi connectivity index (χ3v) is 14.2. The Labute approximate surface area is 285 Å². The topological polar surface area (TPSA) is 58.6 Å². The predicted molar refractivity (Wildman–Crippen MR) is 192 cm³/mol. The molecule has 1 aromatic heterocycles. The lowest BCUT2D eigenvalue weighted by molar-refractivity contribution is -0.104. The Morgan fingerprint density at radius 1 is 0.830 bits per heavy atom. The molecule has 1 aliphatic rings. The highest BCUT2D eigenvalue weighted by Crippen LogP contribution is 2.45. The molecule has 0 radical (unpaired) electrons. The van der Waals surface area contributed by atoms with Crippen molar-refractivity contribution >= 4 is 64.8 Å². The Morgan fingerprint density at radius 3 is 2.06 bits per heavy atom. The summed E-state index contributed by atoms with van der Waals surface area (Å²) in [5.74, 6) is 0.590. The van der Waals surface area contributed by atoms with E-state index in [1.807, 2.05) is 42.5 Å². The molecule has 0 unspecified atom stereocenters. The fraction of sp³-hybridized carbons (Fsp3) is 0.216. The van der Waals surface area contributed by atoms with Crippen LogP contribution in [0.1, 0.15) is 20.8 Å². The van der Waals surface area contributed by atoms with Crippen LogP contribution in [0.15, 0.2) is 103 Å². The number of nitrogens with zero attached hydrogens (tertiary/aromatic N) is 4. The number of benzene rings is 4. The summed E-state index contributed by atoms with van der Waals surface area (Å²) in [6.07, 6.45) is 4.05. The number of aldehydes is 1. The molecule has 0 saturated carbocycles. The molecule has 2 heterocycles. The van der Waals surface area contributed by atoms with Crippen LogP contribution in [0.25, 0.3) is 21.9 Å². The fourth-order valence-electron chi connectivity index (χ4n) is 6.46. The summed E-state index contributed by atoms with van der Waals surface area (Å²) in [4.78, 5) is 15.0. The van der Waals surface area contributed by atoms with Crippen molar-refractivity contribution in [3.05, 3.63) is 119 Å². The van der Waals surface area contributed by atoms with Crippen LogP contribution >= 0.6 is 23.2 Å². The van der Waals surface area contributed by atoms with Crippen LogP contribution < -0.4 is 19.7 Å². The number of carbonyl (C=O) groups is 1. The lowest BCUT2D eigenvalue weighted by Gasteiger charge is -2.43. The molecule has 1 aliphatic heterocycles. The summed E-state index contributed by atoms with van der Waals surface area (Å²) in [6.45, 7) is 9.29. The van der Waals surface area contributed by atoms with Crippen molar-refractivity contribution in [3.8, 4) is 16.9 Å². The van der Waals surface area contributed by atoms with E-state index in [1.54, 1.807) is 24.4 Å². The molecule has 0 bridgehead atoms. The van der Waals surface area contributed by atoms with E-state index < -0.39 is 14.1 Å². The van der Waals surface area contributed by atoms with Gasteiger partial charge >= 0.3 is 8.32 Å². The minimum Gasteiger partial charge on any atom is -0.533 e. The molecule has 0 N–H and O–H groups in total. The van der Waals surface area contributed by atoms with Crippen LogP contribution in [-0.4, -0.2) is 55.9 Å². The zero-order valence-electron chi connectivity index (χ0n) is 26.5. The molecule has 5 aromatic rings. The molecule has 1 fully saturated rings. The van der Waals surface area contributed by atoms with Gasteiger partial charge in [0.1, 0.15) is 17.9 Å². The van der Waals surface area contributed by atoms with Crippen LogP contribution in [0, 0.1) is 5.82 Å². The van der Waals surface area contributed by atoms with Crippen LogP contribution in [0.2, 0.25) is 15.2 Å². The predicted octanol–water partition coefficient (Wildman–Crippen LogP) is 7.52. The maximum absolute atomic E-state index is 16.2. The van der Waals surface area contributed by atoms with E-state index in [1.165, 1.54) is 12.1 Å². The third kappa shape index (κ3) is 6.25. The van der Waals surface area contributed by atoms with Crippen molar-refractivity contribution in [3.63, 3.8) is 0 Å². The molecule has 0 atom stereocenters. The molecule has 240 valence electrons. The molecular formula is C37H35Cl2FN4O2Si. The van der Waals surface area contributed by atoms with E-state index in [-0.39, 0.29) is 15.8 Å². The van der Waals surface area contributed by atoms with Gasteiger partial charge in [0.25, 0.3) is 0 Å². The Balaban J connectivity index is 1.49. The molecule has 1 saturated heterocycles. The molecule has 47 heavy (non-hydrogen) atoms. The molecule has 0 amide bonds. The first kappa shape index (κ1) is 32.7. The van der Waals surface area contributed by atoms with Gasteiger partial charge in [-0.05, 0) is 45.8 Å². The van der Waals surface area contributed by atoms with Gasteiger partial charge in [-0.2, -0.15) is 0 Å². The number of aromatic nitrogens is 2. The average Bonchev–Trinajstić information content (AvgIpc) is 3.07. The second-order valence-electron chi connectivity index (χ2n) is 12.6. The summed E-state index contributed by atoms with van der Waals surface area (Å²) in [6, 6.07) is 28.9. The number of halogens is 3. The van der Waals surface area contributed by atoms with Crippen molar-refractivity contribution < 1.29 is 13.6 Å². The molecular weight excluding hydrogens is 650 g/mol. The van der Waals surface area contributed by atoms with Crippen LogP contribution in [-0.2, 0) is 4.79 Å². The minimum absolute atomic E-state index is 0.194. The third-order valence-electron chi connectivity index (χ3n) is 8.72. The van der Waals surface area contributed by atoms with E-state index in [4.69, 9.17) is 27.6 Å². The van der Waals surface area contributed by atoms with Crippen LogP contribution in [0.5, 0.6) is 5.75 Å². The summed E-state index contributed by atoms with van der Waals surface area (Å²) in [5, 5.41) is 12.4. The quantitative estimate of drug-likeness (QED) is 0.0958. The van der Waals surface area contributed by atoms with Crippen molar-refractivity contribution in [1.82, 2.24) is 15.1 Å².